The van der Waals surface area contributed by atoms with E-state index in [0.717, 1.165) is 50.8 Å². The highest BCUT2D eigenvalue weighted by Crippen LogP contribution is 2.24. The zero-order valence-electron chi connectivity index (χ0n) is 14.1. The molecule has 2 saturated heterocycles. The minimum Gasteiger partial charge on any atom is -0.381 e. The second-order valence-corrected chi connectivity index (χ2v) is 7.05. The summed E-state index contributed by atoms with van der Waals surface area (Å²) in [4.78, 5) is 14.6. The number of anilines is 2. The lowest BCUT2D eigenvalue weighted by molar-refractivity contribution is -0.118. The van der Waals surface area contributed by atoms with E-state index in [9.17, 15) is 4.79 Å². The molecule has 2 heterocycles. The van der Waals surface area contributed by atoms with Crippen LogP contribution in [0.4, 0.5) is 11.4 Å². The molecule has 4 nitrogen and oxygen atoms in total. The lowest BCUT2D eigenvalue weighted by Crippen LogP contribution is -2.32. The number of ether oxygens (including phenoxy) is 1. The molecule has 1 aromatic rings. The molecule has 0 spiro atoms. The maximum atomic E-state index is 12.1. The lowest BCUT2D eigenvalue weighted by atomic mass is 9.98. The molecule has 4 heteroatoms. The first-order chi connectivity index (χ1) is 11.2. The number of hydrogen-bond donors (Lipinski definition) is 1. The van der Waals surface area contributed by atoms with Crippen LogP contribution < -0.4 is 10.2 Å². The zero-order valence-corrected chi connectivity index (χ0v) is 14.1. The summed E-state index contributed by atoms with van der Waals surface area (Å²) in [6.07, 6.45) is 5.26. The van der Waals surface area contributed by atoms with Gasteiger partial charge in [0.2, 0.25) is 5.91 Å². The average Bonchev–Trinajstić information content (AvgIpc) is 2.57. The highest BCUT2D eigenvalue weighted by Gasteiger charge is 2.18. The van der Waals surface area contributed by atoms with Gasteiger partial charge in [-0.3, -0.25) is 4.79 Å². The van der Waals surface area contributed by atoms with Gasteiger partial charge in [-0.1, -0.05) is 6.92 Å². The first-order valence-electron chi connectivity index (χ1n) is 8.93. The molecule has 1 atom stereocenters. The first kappa shape index (κ1) is 16.3. The van der Waals surface area contributed by atoms with E-state index in [2.05, 4.69) is 29.3 Å². The van der Waals surface area contributed by atoms with Gasteiger partial charge in [0.25, 0.3) is 0 Å². The Morgan fingerprint density at radius 2 is 1.96 bits per heavy atom. The van der Waals surface area contributed by atoms with E-state index < -0.39 is 0 Å². The van der Waals surface area contributed by atoms with Gasteiger partial charge in [-0.2, -0.15) is 0 Å². The maximum Gasteiger partial charge on any atom is 0.224 e. The van der Waals surface area contributed by atoms with Crippen molar-refractivity contribution >= 4 is 17.3 Å². The quantitative estimate of drug-likeness (QED) is 0.921. The maximum absolute atomic E-state index is 12.1. The predicted octanol–water partition coefficient (Wildman–Crippen LogP) is 3.68. The number of amides is 1. The minimum atomic E-state index is 0.0973. The standard InChI is InChI=1S/C19H28N2O2/c1-15-8-10-21(11-9-15)18-6-4-17(5-7-18)20-19(22)13-16-3-2-12-23-14-16/h4-7,15-16H,2-3,8-14H2,1H3,(H,20,22). The zero-order chi connectivity index (χ0) is 16.1. The topological polar surface area (TPSA) is 41.6 Å². The fraction of sp³-hybridized carbons (Fsp3) is 0.632. The van der Waals surface area contributed by atoms with Crippen LogP contribution >= 0.6 is 0 Å². The van der Waals surface area contributed by atoms with Gasteiger partial charge in [0.15, 0.2) is 0 Å². The van der Waals surface area contributed by atoms with Crippen molar-refractivity contribution in [2.75, 3.05) is 36.5 Å². The SMILES string of the molecule is CC1CCN(c2ccc(NC(=O)CC3CCCOC3)cc2)CC1. The molecule has 0 aromatic heterocycles. The molecule has 0 bridgehead atoms. The van der Waals surface area contributed by atoms with Crippen molar-refractivity contribution < 1.29 is 9.53 Å². The highest BCUT2D eigenvalue weighted by molar-refractivity contribution is 5.91. The van der Waals surface area contributed by atoms with Crippen LogP contribution in [0.1, 0.15) is 39.0 Å². The summed E-state index contributed by atoms with van der Waals surface area (Å²) in [6.45, 7) is 6.16. The molecule has 0 saturated carbocycles. The van der Waals surface area contributed by atoms with E-state index in [0.29, 0.717) is 12.3 Å². The summed E-state index contributed by atoms with van der Waals surface area (Å²) in [6, 6.07) is 8.27. The number of hydrogen-bond acceptors (Lipinski definition) is 3. The Kier molecular flexibility index (Phi) is 5.55. The molecule has 0 aliphatic carbocycles. The number of carbonyl (C=O) groups is 1. The molecule has 126 valence electrons. The molecule has 1 unspecified atom stereocenters. The predicted molar refractivity (Wildman–Crippen MR) is 93.8 cm³/mol. The van der Waals surface area contributed by atoms with Crippen molar-refractivity contribution in [3.63, 3.8) is 0 Å². The third-order valence-corrected chi connectivity index (χ3v) is 5.03. The second-order valence-electron chi connectivity index (χ2n) is 7.05. The average molecular weight is 316 g/mol. The molecule has 2 aliphatic heterocycles. The molecule has 3 rings (SSSR count). The third-order valence-electron chi connectivity index (χ3n) is 5.03. The summed E-state index contributed by atoms with van der Waals surface area (Å²) in [5, 5.41) is 3.01. The number of carbonyl (C=O) groups excluding carboxylic acids is 1. The summed E-state index contributed by atoms with van der Waals surface area (Å²) >= 11 is 0. The van der Waals surface area contributed by atoms with E-state index >= 15 is 0 Å². The van der Waals surface area contributed by atoms with Crippen molar-refractivity contribution in [2.45, 2.75) is 39.0 Å². The van der Waals surface area contributed by atoms with Crippen LogP contribution in [0.3, 0.4) is 0 Å². The summed E-state index contributed by atoms with van der Waals surface area (Å²) in [5.74, 6) is 1.31. The lowest BCUT2D eigenvalue weighted by Gasteiger charge is -2.32. The van der Waals surface area contributed by atoms with Gasteiger partial charge in [-0.25, -0.2) is 0 Å². The number of nitrogens with one attached hydrogen (secondary N) is 1. The smallest absolute Gasteiger partial charge is 0.224 e. The van der Waals surface area contributed by atoms with Gasteiger partial charge < -0.3 is 15.0 Å². The fourth-order valence-electron chi connectivity index (χ4n) is 3.46. The third kappa shape index (κ3) is 4.71. The Labute approximate surface area is 139 Å². The Balaban J connectivity index is 1.49. The minimum absolute atomic E-state index is 0.0973. The molecule has 0 radical (unpaired) electrons. The van der Waals surface area contributed by atoms with Crippen molar-refractivity contribution in [3.8, 4) is 0 Å². The monoisotopic (exact) mass is 316 g/mol. The number of piperidine rings is 1. The Hall–Kier alpha value is -1.55. The van der Waals surface area contributed by atoms with Crippen LogP contribution in [0.15, 0.2) is 24.3 Å². The van der Waals surface area contributed by atoms with Gasteiger partial charge >= 0.3 is 0 Å². The largest absolute Gasteiger partial charge is 0.381 e. The van der Waals surface area contributed by atoms with Gasteiger partial charge in [0, 0.05) is 44.1 Å². The van der Waals surface area contributed by atoms with Crippen LogP contribution in [0.2, 0.25) is 0 Å². The normalized spacial score (nSPS) is 22.8. The Morgan fingerprint density at radius 1 is 1.22 bits per heavy atom. The Morgan fingerprint density at radius 3 is 2.61 bits per heavy atom. The summed E-state index contributed by atoms with van der Waals surface area (Å²) < 4.78 is 5.44. The van der Waals surface area contributed by atoms with Gasteiger partial charge in [-0.15, -0.1) is 0 Å². The number of rotatable bonds is 4. The van der Waals surface area contributed by atoms with E-state index in [1.807, 2.05) is 12.1 Å². The van der Waals surface area contributed by atoms with E-state index in [4.69, 9.17) is 4.74 Å². The summed E-state index contributed by atoms with van der Waals surface area (Å²) in [7, 11) is 0. The highest BCUT2D eigenvalue weighted by atomic mass is 16.5. The van der Waals surface area contributed by atoms with Crippen LogP contribution in [0.5, 0.6) is 0 Å². The van der Waals surface area contributed by atoms with Crippen molar-refractivity contribution in [1.82, 2.24) is 0 Å². The van der Waals surface area contributed by atoms with Crippen molar-refractivity contribution in [3.05, 3.63) is 24.3 Å². The van der Waals surface area contributed by atoms with Gasteiger partial charge in [-0.05, 0) is 61.8 Å². The van der Waals surface area contributed by atoms with E-state index in [-0.39, 0.29) is 5.91 Å². The first-order valence-corrected chi connectivity index (χ1v) is 8.93. The van der Waals surface area contributed by atoms with Crippen LogP contribution in [-0.2, 0) is 9.53 Å². The van der Waals surface area contributed by atoms with Crippen LogP contribution in [-0.4, -0.2) is 32.2 Å². The van der Waals surface area contributed by atoms with E-state index in [1.54, 1.807) is 0 Å². The van der Waals surface area contributed by atoms with Crippen molar-refractivity contribution in [1.29, 1.82) is 0 Å². The molecule has 2 aliphatic rings. The molecule has 2 fully saturated rings. The van der Waals surface area contributed by atoms with Crippen LogP contribution in [0.25, 0.3) is 0 Å². The Bertz CT molecular complexity index is 501. The molecular weight excluding hydrogens is 288 g/mol. The molecular formula is C19H28N2O2. The number of benzene rings is 1. The number of nitrogens with zero attached hydrogens (tertiary/aromatic N) is 1. The summed E-state index contributed by atoms with van der Waals surface area (Å²) in [5.41, 5.74) is 2.15. The molecule has 1 amide bonds. The van der Waals surface area contributed by atoms with Crippen LogP contribution in [0, 0.1) is 11.8 Å². The van der Waals surface area contributed by atoms with Gasteiger partial charge in [0.1, 0.15) is 0 Å². The van der Waals surface area contributed by atoms with E-state index in [1.165, 1.54) is 18.5 Å². The van der Waals surface area contributed by atoms with Gasteiger partial charge in [0.05, 0.1) is 0 Å². The fourth-order valence-corrected chi connectivity index (χ4v) is 3.46. The molecule has 23 heavy (non-hydrogen) atoms. The molecule has 1 aromatic carbocycles. The molecule has 1 N–H and O–H groups in total. The van der Waals surface area contributed by atoms with Crippen molar-refractivity contribution in [2.24, 2.45) is 11.8 Å². The second kappa shape index (κ2) is 7.82.